The Kier molecular flexibility index (Phi) is 7.60. The monoisotopic (exact) mass is 418 g/mol. The van der Waals surface area contributed by atoms with E-state index in [-0.39, 0.29) is 11.5 Å². The topological polar surface area (TPSA) is 67.2 Å². The molecule has 1 N–H and O–H groups in total. The minimum Gasteiger partial charge on any atom is -0.372 e. The van der Waals surface area contributed by atoms with Gasteiger partial charge in [-0.25, -0.2) is 4.68 Å². The minimum atomic E-state index is -0.164. The molecule has 31 heavy (non-hydrogen) atoms. The molecule has 162 valence electrons. The van der Waals surface area contributed by atoms with Gasteiger partial charge in [0, 0.05) is 49.1 Å². The molecule has 0 bridgehead atoms. The maximum atomic E-state index is 12.3. The van der Waals surface area contributed by atoms with Crippen LogP contribution in [0.2, 0.25) is 0 Å². The number of nitrogens with one attached hydrogen (secondary N) is 1. The molecule has 6 heteroatoms. The van der Waals surface area contributed by atoms with Crippen molar-refractivity contribution in [1.82, 2.24) is 9.78 Å². The SMILES string of the molecule is CCN(CC)c1ccc(NC(=O)CCCn2nc(-c3ccc(C)cc3)ccc2=O)cc1. The first-order chi connectivity index (χ1) is 15.0. The minimum absolute atomic E-state index is 0.0710. The lowest BCUT2D eigenvalue weighted by Crippen LogP contribution is -2.23. The van der Waals surface area contributed by atoms with Crippen LogP contribution in [-0.2, 0) is 11.3 Å². The fourth-order valence-electron chi connectivity index (χ4n) is 3.44. The van der Waals surface area contributed by atoms with E-state index in [0.717, 1.165) is 35.7 Å². The summed E-state index contributed by atoms with van der Waals surface area (Å²) in [6.45, 7) is 8.56. The van der Waals surface area contributed by atoms with Crippen LogP contribution in [0.4, 0.5) is 11.4 Å². The first-order valence-corrected chi connectivity index (χ1v) is 10.8. The zero-order valence-electron chi connectivity index (χ0n) is 18.5. The van der Waals surface area contributed by atoms with E-state index in [0.29, 0.717) is 19.4 Å². The van der Waals surface area contributed by atoms with Crippen molar-refractivity contribution in [2.24, 2.45) is 0 Å². The molecule has 0 aliphatic carbocycles. The van der Waals surface area contributed by atoms with Crippen molar-refractivity contribution in [3.63, 3.8) is 0 Å². The summed E-state index contributed by atoms with van der Waals surface area (Å²) < 4.78 is 1.43. The van der Waals surface area contributed by atoms with E-state index < -0.39 is 0 Å². The molecule has 1 heterocycles. The summed E-state index contributed by atoms with van der Waals surface area (Å²) in [6.07, 6.45) is 0.855. The highest BCUT2D eigenvalue weighted by Crippen LogP contribution is 2.18. The number of hydrogen-bond acceptors (Lipinski definition) is 4. The Morgan fingerprint density at radius 2 is 1.65 bits per heavy atom. The summed E-state index contributed by atoms with van der Waals surface area (Å²) in [5.74, 6) is -0.0710. The standard InChI is InChI=1S/C25H30N4O2/c1-4-28(5-2)22-14-12-21(13-15-22)26-24(30)7-6-18-29-25(31)17-16-23(27-29)20-10-8-19(3)9-11-20/h8-17H,4-7,18H2,1-3H3,(H,26,30). The first kappa shape index (κ1) is 22.3. The van der Waals surface area contributed by atoms with Crippen LogP contribution in [0.5, 0.6) is 0 Å². The molecule has 3 rings (SSSR count). The summed E-state index contributed by atoms with van der Waals surface area (Å²) in [7, 11) is 0. The van der Waals surface area contributed by atoms with Crippen LogP contribution in [0.25, 0.3) is 11.3 Å². The molecular formula is C25H30N4O2. The summed E-state index contributed by atoms with van der Waals surface area (Å²) in [5, 5.41) is 7.39. The molecule has 0 fully saturated rings. The van der Waals surface area contributed by atoms with E-state index in [1.54, 1.807) is 6.07 Å². The van der Waals surface area contributed by atoms with Gasteiger partial charge in [0.15, 0.2) is 0 Å². The Hall–Kier alpha value is -3.41. The van der Waals surface area contributed by atoms with Gasteiger partial charge in [-0.2, -0.15) is 5.10 Å². The normalized spacial score (nSPS) is 10.7. The number of aromatic nitrogens is 2. The van der Waals surface area contributed by atoms with Crippen molar-refractivity contribution in [2.45, 2.75) is 40.2 Å². The van der Waals surface area contributed by atoms with Crippen molar-refractivity contribution >= 4 is 17.3 Å². The smallest absolute Gasteiger partial charge is 0.266 e. The Morgan fingerprint density at radius 3 is 2.29 bits per heavy atom. The molecule has 0 aliphatic heterocycles. The second-order valence-electron chi connectivity index (χ2n) is 7.52. The van der Waals surface area contributed by atoms with Gasteiger partial charge in [-0.15, -0.1) is 0 Å². The van der Waals surface area contributed by atoms with Crippen LogP contribution >= 0.6 is 0 Å². The van der Waals surface area contributed by atoms with Crippen molar-refractivity contribution < 1.29 is 4.79 Å². The summed E-state index contributed by atoms with van der Waals surface area (Å²) in [4.78, 5) is 26.7. The fraction of sp³-hybridized carbons (Fsp3) is 0.320. The number of amides is 1. The Bertz CT molecular complexity index is 1050. The van der Waals surface area contributed by atoms with Crippen molar-refractivity contribution in [3.8, 4) is 11.3 Å². The van der Waals surface area contributed by atoms with Crippen molar-refractivity contribution in [3.05, 3.63) is 76.6 Å². The third kappa shape index (κ3) is 6.04. The highest BCUT2D eigenvalue weighted by Gasteiger charge is 2.07. The van der Waals surface area contributed by atoms with Gasteiger partial charge in [0.25, 0.3) is 5.56 Å². The van der Waals surface area contributed by atoms with E-state index in [2.05, 4.69) is 29.2 Å². The van der Waals surface area contributed by atoms with Crippen LogP contribution in [-0.4, -0.2) is 28.8 Å². The number of aryl methyl sites for hydroxylation is 2. The molecule has 2 aromatic carbocycles. The van der Waals surface area contributed by atoms with Gasteiger partial charge in [0.1, 0.15) is 0 Å². The summed E-state index contributed by atoms with van der Waals surface area (Å²) in [5.41, 5.74) is 4.64. The van der Waals surface area contributed by atoms with Gasteiger partial charge in [0.2, 0.25) is 5.91 Å². The number of carbonyl (C=O) groups is 1. The largest absolute Gasteiger partial charge is 0.372 e. The average Bonchev–Trinajstić information content (AvgIpc) is 2.77. The summed E-state index contributed by atoms with van der Waals surface area (Å²) in [6, 6.07) is 19.2. The molecule has 1 aromatic heterocycles. The highest BCUT2D eigenvalue weighted by atomic mass is 16.1. The molecule has 0 saturated heterocycles. The van der Waals surface area contributed by atoms with Gasteiger partial charge in [-0.3, -0.25) is 9.59 Å². The van der Waals surface area contributed by atoms with Gasteiger partial charge in [-0.1, -0.05) is 29.8 Å². The maximum absolute atomic E-state index is 12.3. The third-order valence-corrected chi connectivity index (χ3v) is 5.27. The Labute approximate surface area is 183 Å². The zero-order valence-corrected chi connectivity index (χ0v) is 18.5. The first-order valence-electron chi connectivity index (χ1n) is 10.8. The predicted molar refractivity (Wildman–Crippen MR) is 127 cm³/mol. The van der Waals surface area contributed by atoms with Crippen molar-refractivity contribution in [1.29, 1.82) is 0 Å². The molecule has 0 saturated carbocycles. The predicted octanol–water partition coefficient (Wildman–Crippen LogP) is 4.48. The molecular weight excluding hydrogens is 388 g/mol. The number of benzene rings is 2. The second kappa shape index (κ2) is 10.6. The number of anilines is 2. The average molecular weight is 419 g/mol. The molecule has 6 nitrogen and oxygen atoms in total. The Balaban J connectivity index is 1.55. The maximum Gasteiger partial charge on any atom is 0.266 e. The van der Waals surface area contributed by atoms with E-state index in [1.165, 1.54) is 16.3 Å². The van der Waals surface area contributed by atoms with Gasteiger partial charge in [-0.05, 0) is 57.5 Å². The molecule has 0 unspecified atom stereocenters. The molecule has 0 aliphatic rings. The number of carbonyl (C=O) groups excluding carboxylic acids is 1. The van der Waals surface area contributed by atoms with Crippen LogP contribution in [0.15, 0.2) is 65.5 Å². The quantitative estimate of drug-likeness (QED) is 0.556. The molecule has 1 amide bonds. The fourth-order valence-corrected chi connectivity index (χ4v) is 3.44. The van der Waals surface area contributed by atoms with E-state index in [9.17, 15) is 9.59 Å². The lowest BCUT2D eigenvalue weighted by Gasteiger charge is -2.21. The number of hydrogen-bond donors (Lipinski definition) is 1. The van der Waals surface area contributed by atoms with Crippen LogP contribution in [0.1, 0.15) is 32.3 Å². The van der Waals surface area contributed by atoms with E-state index in [4.69, 9.17) is 0 Å². The molecule has 0 atom stereocenters. The summed E-state index contributed by atoms with van der Waals surface area (Å²) >= 11 is 0. The van der Waals surface area contributed by atoms with E-state index in [1.807, 2.05) is 55.5 Å². The third-order valence-electron chi connectivity index (χ3n) is 5.27. The highest BCUT2D eigenvalue weighted by molar-refractivity contribution is 5.90. The lowest BCUT2D eigenvalue weighted by atomic mass is 10.1. The number of nitrogens with zero attached hydrogens (tertiary/aromatic N) is 3. The van der Waals surface area contributed by atoms with Gasteiger partial charge >= 0.3 is 0 Å². The lowest BCUT2D eigenvalue weighted by molar-refractivity contribution is -0.116. The van der Waals surface area contributed by atoms with Crippen LogP contribution in [0, 0.1) is 6.92 Å². The van der Waals surface area contributed by atoms with E-state index >= 15 is 0 Å². The van der Waals surface area contributed by atoms with Crippen LogP contribution in [0.3, 0.4) is 0 Å². The molecule has 0 spiro atoms. The number of rotatable bonds is 9. The second-order valence-corrected chi connectivity index (χ2v) is 7.52. The zero-order chi connectivity index (χ0) is 22.2. The van der Waals surface area contributed by atoms with Crippen molar-refractivity contribution in [2.75, 3.05) is 23.3 Å². The Morgan fingerprint density at radius 1 is 0.968 bits per heavy atom. The molecule has 3 aromatic rings. The molecule has 0 radical (unpaired) electrons. The van der Waals surface area contributed by atoms with Crippen LogP contribution < -0.4 is 15.8 Å². The van der Waals surface area contributed by atoms with Gasteiger partial charge in [0.05, 0.1) is 5.69 Å². The van der Waals surface area contributed by atoms with Gasteiger partial charge < -0.3 is 10.2 Å².